The molecule has 0 amide bonds. The maximum atomic E-state index is 13.9. The topological polar surface area (TPSA) is 58.3 Å². The summed E-state index contributed by atoms with van der Waals surface area (Å²) in [7, 11) is 0. The molecule has 5 rings (SSSR count). The van der Waals surface area contributed by atoms with E-state index in [2.05, 4.69) is 20.4 Å². The first kappa shape index (κ1) is 17.6. The van der Waals surface area contributed by atoms with Crippen molar-refractivity contribution in [3.8, 4) is 11.4 Å². The summed E-state index contributed by atoms with van der Waals surface area (Å²) in [5.41, 5.74) is 2.28. The zero-order valence-corrected chi connectivity index (χ0v) is 15.9. The van der Waals surface area contributed by atoms with Crippen LogP contribution in [0.15, 0.2) is 66.7 Å². The normalized spacial score (nSPS) is 15.0. The zero-order chi connectivity index (χ0) is 19.6. The Morgan fingerprint density at radius 1 is 0.862 bits per heavy atom. The molecule has 2 aromatic carbocycles. The molecule has 0 radical (unpaired) electrons. The molecule has 29 heavy (non-hydrogen) atoms. The van der Waals surface area contributed by atoms with Crippen molar-refractivity contribution >= 4 is 17.2 Å². The SMILES string of the molecule is Fc1ccccc1NC1CCN(c2ccc3nnc(-c4ccccc4)n3n2)CC1. The number of nitrogens with one attached hydrogen (secondary N) is 1. The van der Waals surface area contributed by atoms with Gasteiger partial charge in [0.05, 0.1) is 5.69 Å². The highest BCUT2D eigenvalue weighted by molar-refractivity contribution is 5.59. The Balaban J connectivity index is 1.32. The molecule has 0 atom stereocenters. The molecule has 146 valence electrons. The maximum absolute atomic E-state index is 13.9. The van der Waals surface area contributed by atoms with E-state index in [9.17, 15) is 4.39 Å². The van der Waals surface area contributed by atoms with Crippen molar-refractivity contribution in [3.05, 3.63) is 72.5 Å². The van der Waals surface area contributed by atoms with Crippen LogP contribution in [-0.2, 0) is 0 Å². The minimum absolute atomic E-state index is 0.205. The van der Waals surface area contributed by atoms with E-state index >= 15 is 0 Å². The van der Waals surface area contributed by atoms with Crippen LogP contribution in [0.4, 0.5) is 15.9 Å². The van der Waals surface area contributed by atoms with Crippen molar-refractivity contribution in [2.45, 2.75) is 18.9 Å². The molecule has 0 spiro atoms. The molecule has 3 heterocycles. The summed E-state index contributed by atoms with van der Waals surface area (Å²) in [5, 5.41) is 16.7. The van der Waals surface area contributed by atoms with Crippen molar-refractivity contribution in [2.24, 2.45) is 0 Å². The molecule has 1 fully saturated rings. The Morgan fingerprint density at radius 3 is 2.41 bits per heavy atom. The number of rotatable bonds is 4. The van der Waals surface area contributed by atoms with Crippen LogP contribution >= 0.6 is 0 Å². The molecule has 0 aliphatic carbocycles. The zero-order valence-electron chi connectivity index (χ0n) is 15.9. The lowest BCUT2D eigenvalue weighted by Crippen LogP contribution is -2.39. The van der Waals surface area contributed by atoms with Gasteiger partial charge in [-0.1, -0.05) is 42.5 Å². The second-order valence-electron chi connectivity index (χ2n) is 7.24. The first-order valence-corrected chi connectivity index (χ1v) is 9.82. The number of halogens is 1. The van der Waals surface area contributed by atoms with Crippen LogP contribution in [0.1, 0.15) is 12.8 Å². The summed E-state index contributed by atoms with van der Waals surface area (Å²) in [6.07, 6.45) is 1.84. The lowest BCUT2D eigenvalue weighted by molar-refractivity contribution is 0.517. The molecule has 6 nitrogen and oxygen atoms in total. The summed E-state index contributed by atoms with van der Waals surface area (Å²) in [4.78, 5) is 2.26. The number of nitrogens with zero attached hydrogens (tertiary/aromatic N) is 5. The Kier molecular flexibility index (Phi) is 4.56. The minimum atomic E-state index is -0.205. The summed E-state index contributed by atoms with van der Waals surface area (Å²) in [5.74, 6) is 1.43. The number of benzene rings is 2. The highest BCUT2D eigenvalue weighted by atomic mass is 19.1. The molecule has 0 saturated carbocycles. The molecule has 0 unspecified atom stereocenters. The van der Waals surface area contributed by atoms with E-state index in [4.69, 9.17) is 5.10 Å². The second kappa shape index (κ2) is 7.50. The fourth-order valence-electron chi connectivity index (χ4n) is 3.77. The Hall–Kier alpha value is -3.48. The van der Waals surface area contributed by atoms with E-state index in [-0.39, 0.29) is 11.9 Å². The number of piperidine rings is 1. The molecule has 4 aromatic rings. The van der Waals surface area contributed by atoms with Crippen molar-refractivity contribution in [3.63, 3.8) is 0 Å². The number of para-hydroxylation sites is 1. The van der Waals surface area contributed by atoms with E-state index in [1.54, 1.807) is 16.6 Å². The van der Waals surface area contributed by atoms with Gasteiger partial charge in [-0.25, -0.2) is 4.39 Å². The van der Waals surface area contributed by atoms with Crippen molar-refractivity contribution in [2.75, 3.05) is 23.3 Å². The van der Waals surface area contributed by atoms with Crippen molar-refractivity contribution in [1.29, 1.82) is 0 Å². The Labute approximate surface area is 168 Å². The molecule has 1 aliphatic heterocycles. The van der Waals surface area contributed by atoms with Gasteiger partial charge in [0.2, 0.25) is 0 Å². The third-order valence-electron chi connectivity index (χ3n) is 5.33. The number of anilines is 2. The van der Waals surface area contributed by atoms with Gasteiger partial charge >= 0.3 is 0 Å². The molecule has 1 saturated heterocycles. The van der Waals surface area contributed by atoms with Crippen LogP contribution in [-0.4, -0.2) is 38.9 Å². The first-order chi connectivity index (χ1) is 14.3. The van der Waals surface area contributed by atoms with Crippen LogP contribution in [0.2, 0.25) is 0 Å². The van der Waals surface area contributed by atoms with Crippen LogP contribution in [0.5, 0.6) is 0 Å². The number of aromatic nitrogens is 4. The predicted molar refractivity (Wildman–Crippen MR) is 111 cm³/mol. The summed E-state index contributed by atoms with van der Waals surface area (Å²) >= 11 is 0. The fourth-order valence-corrected chi connectivity index (χ4v) is 3.77. The van der Waals surface area contributed by atoms with Crippen molar-refractivity contribution < 1.29 is 4.39 Å². The second-order valence-corrected chi connectivity index (χ2v) is 7.24. The summed E-state index contributed by atoms with van der Waals surface area (Å²) in [6.45, 7) is 1.71. The van der Waals surface area contributed by atoms with Gasteiger partial charge in [-0.15, -0.1) is 15.3 Å². The van der Waals surface area contributed by atoms with Crippen LogP contribution < -0.4 is 10.2 Å². The van der Waals surface area contributed by atoms with Crippen LogP contribution in [0.3, 0.4) is 0 Å². The summed E-state index contributed by atoms with van der Waals surface area (Å²) < 4.78 is 15.7. The molecular formula is C22H21FN6. The van der Waals surface area contributed by atoms with Crippen LogP contribution in [0, 0.1) is 5.82 Å². The van der Waals surface area contributed by atoms with E-state index in [1.165, 1.54) is 6.07 Å². The minimum Gasteiger partial charge on any atom is -0.380 e. The molecular weight excluding hydrogens is 367 g/mol. The largest absolute Gasteiger partial charge is 0.380 e. The lowest BCUT2D eigenvalue weighted by atomic mass is 10.0. The van der Waals surface area contributed by atoms with E-state index < -0.39 is 0 Å². The standard InChI is InChI=1S/C22H21FN6/c23-18-8-4-5-9-19(18)24-17-12-14-28(15-13-17)21-11-10-20-25-26-22(29(20)27-21)16-6-2-1-3-7-16/h1-11,17,24H,12-15H2. The quantitative estimate of drug-likeness (QED) is 0.572. The smallest absolute Gasteiger partial charge is 0.185 e. The number of hydrogen-bond donors (Lipinski definition) is 1. The highest BCUT2D eigenvalue weighted by Gasteiger charge is 2.21. The molecule has 1 aliphatic rings. The van der Waals surface area contributed by atoms with Gasteiger partial charge in [0.15, 0.2) is 11.5 Å². The molecule has 1 N–H and O–H groups in total. The third-order valence-corrected chi connectivity index (χ3v) is 5.33. The lowest BCUT2D eigenvalue weighted by Gasteiger charge is -2.33. The Bertz CT molecular complexity index is 1120. The van der Waals surface area contributed by atoms with Gasteiger partial charge in [-0.3, -0.25) is 0 Å². The highest BCUT2D eigenvalue weighted by Crippen LogP contribution is 2.23. The van der Waals surface area contributed by atoms with Crippen LogP contribution in [0.25, 0.3) is 17.0 Å². The molecule has 7 heteroatoms. The van der Waals surface area contributed by atoms with Crippen molar-refractivity contribution in [1.82, 2.24) is 19.8 Å². The van der Waals surface area contributed by atoms with Gasteiger partial charge in [0.1, 0.15) is 11.6 Å². The molecule has 2 aromatic heterocycles. The van der Waals surface area contributed by atoms with Gasteiger partial charge in [0.25, 0.3) is 0 Å². The number of fused-ring (bicyclic) bond motifs is 1. The van der Waals surface area contributed by atoms with Gasteiger partial charge in [-0.2, -0.15) is 4.52 Å². The Morgan fingerprint density at radius 2 is 1.62 bits per heavy atom. The maximum Gasteiger partial charge on any atom is 0.185 e. The third kappa shape index (κ3) is 3.51. The molecule has 0 bridgehead atoms. The first-order valence-electron chi connectivity index (χ1n) is 9.82. The average molecular weight is 388 g/mol. The van der Waals surface area contributed by atoms with E-state index in [1.807, 2.05) is 48.5 Å². The predicted octanol–water partition coefficient (Wildman–Crippen LogP) is 4.01. The van der Waals surface area contributed by atoms with E-state index in [0.717, 1.165) is 48.8 Å². The fraction of sp³-hybridized carbons (Fsp3) is 0.227. The van der Waals surface area contributed by atoms with Gasteiger partial charge in [-0.05, 0) is 37.1 Å². The average Bonchev–Trinajstić information content (AvgIpc) is 3.20. The van der Waals surface area contributed by atoms with E-state index in [0.29, 0.717) is 5.69 Å². The van der Waals surface area contributed by atoms with Gasteiger partial charge < -0.3 is 10.2 Å². The summed E-state index contributed by atoms with van der Waals surface area (Å²) in [6, 6.07) is 21.0. The monoisotopic (exact) mass is 388 g/mol. The number of hydrogen-bond acceptors (Lipinski definition) is 5. The van der Waals surface area contributed by atoms with Gasteiger partial charge in [0, 0.05) is 24.7 Å².